The van der Waals surface area contributed by atoms with Crippen LogP contribution >= 0.6 is 0 Å². The zero-order chi connectivity index (χ0) is 16.4. The van der Waals surface area contributed by atoms with Crippen molar-refractivity contribution in [2.24, 2.45) is 0 Å². The standard InChI is InChI=1S/C18H16O4S/c1-23(20,21)15-9-7-13(8-10-15)16-12-22-17(11-19)18(16)14-5-3-2-4-6-14/h2-11,17H,12H2,1H3. The summed E-state index contributed by atoms with van der Waals surface area (Å²) in [5, 5.41) is 0. The second kappa shape index (κ2) is 6.10. The number of carbonyl (C=O) groups is 1. The molecule has 23 heavy (non-hydrogen) atoms. The lowest BCUT2D eigenvalue weighted by Crippen LogP contribution is -2.10. The molecule has 0 N–H and O–H groups in total. The largest absolute Gasteiger partial charge is 0.361 e. The molecule has 2 aromatic carbocycles. The highest BCUT2D eigenvalue weighted by Crippen LogP contribution is 2.35. The summed E-state index contributed by atoms with van der Waals surface area (Å²) in [5.74, 6) is 0. The molecule has 1 atom stereocenters. The van der Waals surface area contributed by atoms with Crippen LogP contribution in [0.1, 0.15) is 11.1 Å². The maximum Gasteiger partial charge on any atom is 0.175 e. The molecule has 4 nitrogen and oxygen atoms in total. The lowest BCUT2D eigenvalue weighted by Gasteiger charge is -2.10. The molecule has 0 aliphatic carbocycles. The zero-order valence-corrected chi connectivity index (χ0v) is 13.4. The average Bonchev–Trinajstić information content (AvgIpc) is 2.99. The molecule has 0 radical (unpaired) electrons. The Morgan fingerprint density at radius 2 is 1.65 bits per heavy atom. The maximum absolute atomic E-state index is 11.6. The van der Waals surface area contributed by atoms with E-state index in [2.05, 4.69) is 0 Å². The second-order valence-electron chi connectivity index (χ2n) is 5.42. The van der Waals surface area contributed by atoms with Gasteiger partial charge in [-0.25, -0.2) is 8.42 Å². The molecule has 0 fully saturated rings. The molecule has 0 aromatic heterocycles. The fraction of sp³-hybridized carbons (Fsp3) is 0.167. The van der Waals surface area contributed by atoms with Crippen LogP contribution in [0.3, 0.4) is 0 Å². The van der Waals surface area contributed by atoms with Crippen LogP contribution in [-0.2, 0) is 19.4 Å². The minimum atomic E-state index is -3.23. The summed E-state index contributed by atoms with van der Waals surface area (Å²) in [6.45, 7) is 0.325. The van der Waals surface area contributed by atoms with Gasteiger partial charge < -0.3 is 9.53 Å². The lowest BCUT2D eigenvalue weighted by atomic mass is 9.94. The molecule has 0 saturated heterocycles. The summed E-state index contributed by atoms with van der Waals surface area (Å²) in [6.07, 6.45) is 1.37. The molecule has 2 aromatic rings. The predicted octanol–water partition coefficient (Wildman–Crippen LogP) is 2.60. The molecular weight excluding hydrogens is 312 g/mol. The van der Waals surface area contributed by atoms with Crippen LogP contribution in [0.2, 0.25) is 0 Å². The van der Waals surface area contributed by atoms with E-state index in [1.165, 1.54) is 6.26 Å². The Morgan fingerprint density at radius 3 is 2.22 bits per heavy atom. The van der Waals surface area contributed by atoms with Crippen LogP contribution in [-0.4, -0.2) is 33.7 Å². The fourth-order valence-corrected chi connectivity index (χ4v) is 3.34. The normalized spacial score (nSPS) is 18.2. The van der Waals surface area contributed by atoms with Crippen LogP contribution in [0.25, 0.3) is 11.1 Å². The van der Waals surface area contributed by atoms with Crippen molar-refractivity contribution in [2.45, 2.75) is 11.0 Å². The first-order valence-electron chi connectivity index (χ1n) is 7.16. The Balaban J connectivity index is 2.10. The highest BCUT2D eigenvalue weighted by molar-refractivity contribution is 7.90. The number of carbonyl (C=O) groups excluding carboxylic acids is 1. The van der Waals surface area contributed by atoms with Gasteiger partial charge in [0.25, 0.3) is 0 Å². The summed E-state index contributed by atoms with van der Waals surface area (Å²) >= 11 is 0. The highest BCUT2D eigenvalue weighted by atomic mass is 32.2. The van der Waals surface area contributed by atoms with Gasteiger partial charge in [-0.1, -0.05) is 42.5 Å². The molecule has 1 unspecified atom stereocenters. The number of rotatable bonds is 4. The molecule has 1 heterocycles. The number of benzene rings is 2. The van der Waals surface area contributed by atoms with E-state index in [1.807, 2.05) is 30.3 Å². The van der Waals surface area contributed by atoms with Gasteiger partial charge >= 0.3 is 0 Å². The number of hydrogen-bond donors (Lipinski definition) is 0. The van der Waals surface area contributed by atoms with Crippen molar-refractivity contribution < 1.29 is 17.9 Å². The third-order valence-electron chi connectivity index (χ3n) is 3.86. The van der Waals surface area contributed by atoms with Crippen molar-refractivity contribution in [1.29, 1.82) is 0 Å². The van der Waals surface area contributed by atoms with Gasteiger partial charge in [0.1, 0.15) is 6.10 Å². The zero-order valence-electron chi connectivity index (χ0n) is 12.6. The van der Waals surface area contributed by atoms with E-state index in [0.29, 0.717) is 6.61 Å². The van der Waals surface area contributed by atoms with Crippen molar-refractivity contribution in [3.05, 3.63) is 65.7 Å². The van der Waals surface area contributed by atoms with Crippen molar-refractivity contribution in [2.75, 3.05) is 12.9 Å². The quantitative estimate of drug-likeness (QED) is 0.810. The first-order chi connectivity index (χ1) is 11.0. The van der Waals surface area contributed by atoms with Crippen molar-refractivity contribution in [1.82, 2.24) is 0 Å². The predicted molar refractivity (Wildman–Crippen MR) is 88.6 cm³/mol. The molecule has 118 valence electrons. The van der Waals surface area contributed by atoms with Crippen molar-refractivity contribution in [3.8, 4) is 0 Å². The van der Waals surface area contributed by atoms with Crippen LogP contribution in [0.5, 0.6) is 0 Å². The van der Waals surface area contributed by atoms with E-state index >= 15 is 0 Å². The van der Waals surface area contributed by atoms with Gasteiger partial charge in [0.05, 0.1) is 11.5 Å². The van der Waals surface area contributed by atoms with E-state index in [0.717, 1.165) is 28.6 Å². The first-order valence-corrected chi connectivity index (χ1v) is 9.05. The van der Waals surface area contributed by atoms with Crippen LogP contribution < -0.4 is 0 Å². The molecule has 0 spiro atoms. The van der Waals surface area contributed by atoms with E-state index in [1.54, 1.807) is 24.3 Å². The topological polar surface area (TPSA) is 60.4 Å². The molecule has 0 saturated carbocycles. The van der Waals surface area contributed by atoms with E-state index < -0.39 is 15.9 Å². The minimum absolute atomic E-state index is 0.272. The smallest absolute Gasteiger partial charge is 0.175 e. The minimum Gasteiger partial charge on any atom is -0.361 e. The Hall–Kier alpha value is -2.24. The summed E-state index contributed by atoms with van der Waals surface area (Å²) in [7, 11) is -3.23. The third kappa shape index (κ3) is 3.11. The van der Waals surface area contributed by atoms with Crippen molar-refractivity contribution in [3.63, 3.8) is 0 Å². The monoisotopic (exact) mass is 328 g/mol. The summed E-state index contributed by atoms with van der Waals surface area (Å²) in [6, 6.07) is 16.3. The number of sulfone groups is 1. The Kier molecular flexibility index (Phi) is 4.15. The number of ether oxygens (including phenoxy) is 1. The summed E-state index contributed by atoms with van der Waals surface area (Å²) in [4.78, 5) is 11.6. The van der Waals surface area contributed by atoms with Gasteiger partial charge in [-0.15, -0.1) is 0 Å². The Morgan fingerprint density at radius 1 is 1.00 bits per heavy atom. The van der Waals surface area contributed by atoms with E-state index in [-0.39, 0.29) is 4.90 Å². The van der Waals surface area contributed by atoms with E-state index in [9.17, 15) is 13.2 Å². The number of hydrogen-bond acceptors (Lipinski definition) is 4. The fourth-order valence-electron chi connectivity index (χ4n) is 2.71. The molecule has 1 aliphatic rings. The lowest BCUT2D eigenvalue weighted by molar-refractivity contribution is -0.113. The maximum atomic E-state index is 11.6. The van der Waals surface area contributed by atoms with Gasteiger partial charge in [0.15, 0.2) is 16.1 Å². The van der Waals surface area contributed by atoms with Gasteiger partial charge in [0.2, 0.25) is 0 Å². The SMILES string of the molecule is CS(=O)(=O)c1ccc(C2=C(c3ccccc3)C(C=O)OC2)cc1. The summed E-state index contributed by atoms with van der Waals surface area (Å²) in [5.41, 5.74) is 3.55. The van der Waals surface area contributed by atoms with Gasteiger partial charge in [0, 0.05) is 11.8 Å². The van der Waals surface area contributed by atoms with Gasteiger partial charge in [-0.2, -0.15) is 0 Å². The van der Waals surface area contributed by atoms with Crippen LogP contribution in [0.15, 0.2) is 59.5 Å². The van der Waals surface area contributed by atoms with Gasteiger partial charge in [-0.05, 0) is 28.8 Å². The average molecular weight is 328 g/mol. The first kappa shape index (κ1) is 15.6. The van der Waals surface area contributed by atoms with Crippen molar-refractivity contribution >= 4 is 27.3 Å². The molecule has 5 heteroatoms. The number of aldehydes is 1. The second-order valence-corrected chi connectivity index (χ2v) is 7.44. The molecule has 1 aliphatic heterocycles. The Bertz CT molecular complexity index is 850. The molecule has 0 bridgehead atoms. The Labute approximate surface area is 135 Å². The van der Waals surface area contributed by atoms with E-state index in [4.69, 9.17) is 4.74 Å². The third-order valence-corrected chi connectivity index (χ3v) is 4.98. The highest BCUT2D eigenvalue weighted by Gasteiger charge is 2.28. The molecular formula is C18H16O4S. The molecule has 3 rings (SSSR count). The van der Waals surface area contributed by atoms with Crippen LogP contribution in [0.4, 0.5) is 0 Å². The molecule has 0 amide bonds. The summed E-state index contributed by atoms with van der Waals surface area (Å²) < 4.78 is 28.7. The van der Waals surface area contributed by atoms with Gasteiger partial charge in [-0.3, -0.25) is 0 Å². The van der Waals surface area contributed by atoms with Crippen LogP contribution in [0, 0.1) is 0 Å².